The molecule has 0 amide bonds. The van der Waals surface area contributed by atoms with E-state index in [9.17, 15) is 4.79 Å². The van der Waals surface area contributed by atoms with Crippen molar-refractivity contribution in [3.63, 3.8) is 0 Å². The van der Waals surface area contributed by atoms with Gasteiger partial charge in [-0.25, -0.2) is 4.79 Å². The number of nitrogens with zero attached hydrogens (tertiary/aromatic N) is 1. The van der Waals surface area contributed by atoms with Crippen molar-refractivity contribution in [3.05, 3.63) is 29.3 Å². The Kier molecular flexibility index (Phi) is 3.82. The highest BCUT2D eigenvalue weighted by molar-refractivity contribution is 6.57. The number of benzene rings is 1. The average Bonchev–Trinajstić information content (AvgIpc) is 2.20. The van der Waals surface area contributed by atoms with Crippen LogP contribution >= 0.6 is 11.6 Å². The molecule has 0 heterocycles. The van der Waals surface area contributed by atoms with E-state index >= 15 is 0 Å². The van der Waals surface area contributed by atoms with Crippen molar-refractivity contribution in [2.75, 3.05) is 5.43 Å². The second-order valence-electron chi connectivity index (χ2n) is 2.57. The first kappa shape index (κ1) is 11.2. The first-order valence-corrected chi connectivity index (χ1v) is 4.34. The zero-order valence-corrected chi connectivity index (χ0v) is 8.32. The van der Waals surface area contributed by atoms with E-state index in [0.717, 1.165) is 6.21 Å². The van der Waals surface area contributed by atoms with Crippen molar-refractivity contribution < 1.29 is 9.90 Å². The van der Waals surface area contributed by atoms with Crippen molar-refractivity contribution in [2.45, 2.75) is 0 Å². The number of hydrogen-bond donors (Lipinski definition) is 3. The van der Waals surface area contributed by atoms with Crippen LogP contribution in [0.15, 0.2) is 29.4 Å². The van der Waals surface area contributed by atoms with Crippen molar-refractivity contribution in [1.29, 1.82) is 5.41 Å². The molecule has 78 valence electrons. The summed E-state index contributed by atoms with van der Waals surface area (Å²) in [5.41, 5.74) is 2.48. The third-order valence-corrected chi connectivity index (χ3v) is 1.81. The lowest BCUT2D eigenvalue weighted by molar-refractivity contribution is -0.129. The third kappa shape index (κ3) is 3.40. The van der Waals surface area contributed by atoms with Gasteiger partial charge in [0.25, 0.3) is 0 Å². The van der Waals surface area contributed by atoms with Gasteiger partial charge in [0.1, 0.15) is 0 Å². The molecule has 0 fully saturated rings. The van der Waals surface area contributed by atoms with Crippen LogP contribution in [-0.4, -0.2) is 23.0 Å². The fourth-order valence-electron chi connectivity index (χ4n) is 0.773. The Morgan fingerprint density at radius 1 is 1.53 bits per heavy atom. The normalized spacial score (nSPS) is 10.2. The first-order valence-electron chi connectivity index (χ1n) is 3.96. The second-order valence-corrected chi connectivity index (χ2v) is 2.98. The van der Waals surface area contributed by atoms with Crippen LogP contribution in [0.1, 0.15) is 0 Å². The van der Waals surface area contributed by atoms with Crippen LogP contribution < -0.4 is 5.43 Å². The Morgan fingerprint density at radius 3 is 2.80 bits per heavy atom. The molecular formula is C9H8ClN3O2. The van der Waals surface area contributed by atoms with E-state index < -0.39 is 11.7 Å². The van der Waals surface area contributed by atoms with Gasteiger partial charge in [0.05, 0.1) is 16.9 Å². The molecule has 0 bridgehead atoms. The van der Waals surface area contributed by atoms with Gasteiger partial charge in [-0.05, 0) is 12.1 Å². The molecule has 5 nitrogen and oxygen atoms in total. The molecule has 0 aliphatic carbocycles. The van der Waals surface area contributed by atoms with Crippen LogP contribution in [0.3, 0.4) is 0 Å². The molecule has 0 radical (unpaired) electrons. The van der Waals surface area contributed by atoms with Gasteiger partial charge >= 0.3 is 5.97 Å². The SMILES string of the molecule is N=C(/C=N\Nc1ccccc1Cl)C(=O)O. The quantitative estimate of drug-likeness (QED) is 0.540. The highest BCUT2D eigenvalue weighted by Gasteiger charge is 2.01. The summed E-state index contributed by atoms with van der Waals surface area (Å²) >= 11 is 5.80. The number of para-hydroxylation sites is 1. The summed E-state index contributed by atoms with van der Waals surface area (Å²) in [6.45, 7) is 0. The number of nitrogens with one attached hydrogen (secondary N) is 2. The van der Waals surface area contributed by atoms with Crippen LogP contribution in [-0.2, 0) is 4.79 Å². The van der Waals surface area contributed by atoms with Gasteiger partial charge in [0.2, 0.25) is 0 Å². The Labute approximate surface area is 90.9 Å². The van der Waals surface area contributed by atoms with E-state index in [1.54, 1.807) is 24.3 Å². The van der Waals surface area contributed by atoms with Gasteiger partial charge in [-0.1, -0.05) is 23.7 Å². The van der Waals surface area contributed by atoms with E-state index in [4.69, 9.17) is 22.1 Å². The van der Waals surface area contributed by atoms with E-state index in [1.165, 1.54) is 0 Å². The Bertz CT molecular complexity index is 418. The fourth-order valence-corrected chi connectivity index (χ4v) is 0.951. The summed E-state index contributed by atoms with van der Waals surface area (Å²) in [7, 11) is 0. The van der Waals surface area contributed by atoms with Gasteiger partial charge in [0, 0.05) is 0 Å². The number of aliphatic carboxylic acids is 1. The van der Waals surface area contributed by atoms with Crippen molar-refractivity contribution in [2.24, 2.45) is 5.10 Å². The maximum absolute atomic E-state index is 10.2. The van der Waals surface area contributed by atoms with E-state index in [2.05, 4.69) is 10.5 Å². The lowest BCUT2D eigenvalue weighted by Crippen LogP contribution is -2.13. The highest BCUT2D eigenvalue weighted by Crippen LogP contribution is 2.19. The molecule has 0 aliphatic heterocycles. The number of carboxylic acid groups (broad SMARTS) is 1. The molecule has 6 heteroatoms. The molecular weight excluding hydrogens is 218 g/mol. The summed E-state index contributed by atoms with van der Waals surface area (Å²) in [6, 6.07) is 6.87. The molecule has 1 aromatic carbocycles. The van der Waals surface area contributed by atoms with E-state index in [0.29, 0.717) is 10.7 Å². The molecule has 0 aliphatic rings. The van der Waals surface area contributed by atoms with Crippen molar-refractivity contribution in [1.82, 2.24) is 0 Å². The molecule has 0 spiro atoms. The predicted molar refractivity (Wildman–Crippen MR) is 58.9 cm³/mol. The van der Waals surface area contributed by atoms with Gasteiger partial charge in [-0.15, -0.1) is 0 Å². The molecule has 0 aromatic heterocycles. The Hall–Kier alpha value is -1.88. The lowest BCUT2D eigenvalue weighted by atomic mass is 10.3. The van der Waals surface area contributed by atoms with Crippen molar-refractivity contribution >= 4 is 35.2 Å². The number of hydrazone groups is 1. The van der Waals surface area contributed by atoms with Crippen LogP contribution in [0, 0.1) is 5.41 Å². The van der Waals surface area contributed by atoms with Crippen LogP contribution in [0.4, 0.5) is 5.69 Å². The molecule has 0 saturated carbocycles. The summed E-state index contributed by atoms with van der Waals surface area (Å²) in [5, 5.41) is 19.3. The van der Waals surface area contributed by atoms with Crippen LogP contribution in [0.25, 0.3) is 0 Å². The monoisotopic (exact) mass is 225 g/mol. The molecule has 1 rings (SSSR count). The largest absolute Gasteiger partial charge is 0.476 e. The number of carbonyl (C=O) groups is 1. The number of hydrogen-bond acceptors (Lipinski definition) is 4. The lowest BCUT2D eigenvalue weighted by Gasteiger charge is -2.01. The smallest absolute Gasteiger partial charge is 0.355 e. The maximum Gasteiger partial charge on any atom is 0.355 e. The minimum absolute atomic E-state index is 0.469. The van der Waals surface area contributed by atoms with Crippen LogP contribution in [0.5, 0.6) is 0 Å². The number of carboxylic acids is 1. The summed E-state index contributed by atoms with van der Waals surface area (Å²) in [6.07, 6.45) is 0.895. The second kappa shape index (κ2) is 5.11. The molecule has 0 atom stereocenters. The number of halogens is 1. The number of anilines is 1. The van der Waals surface area contributed by atoms with Gasteiger partial charge < -0.3 is 5.11 Å². The Morgan fingerprint density at radius 2 is 2.20 bits per heavy atom. The predicted octanol–water partition coefficient (Wildman–Crippen LogP) is 1.84. The molecule has 0 saturated heterocycles. The van der Waals surface area contributed by atoms with Gasteiger partial charge in [-0.2, -0.15) is 5.10 Å². The molecule has 15 heavy (non-hydrogen) atoms. The summed E-state index contributed by atoms with van der Waals surface area (Å²) in [4.78, 5) is 10.2. The van der Waals surface area contributed by atoms with E-state index in [1.807, 2.05) is 0 Å². The molecule has 3 N–H and O–H groups in total. The minimum Gasteiger partial charge on any atom is -0.476 e. The van der Waals surface area contributed by atoms with Gasteiger partial charge in [0.15, 0.2) is 5.71 Å². The topological polar surface area (TPSA) is 85.5 Å². The third-order valence-electron chi connectivity index (χ3n) is 1.48. The average molecular weight is 226 g/mol. The zero-order chi connectivity index (χ0) is 11.3. The number of rotatable bonds is 4. The molecule has 1 aromatic rings. The van der Waals surface area contributed by atoms with Crippen molar-refractivity contribution in [3.8, 4) is 0 Å². The standard InChI is InChI=1S/C9H8ClN3O2/c10-6-3-1-2-4-8(6)13-12-5-7(11)9(14)15/h1-5,11,13H,(H,14,15)/b11-7?,12-5-. The minimum atomic E-state index is -1.33. The fraction of sp³-hybridized carbons (Fsp3) is 0. The zero-order valence-electron chi connectivity index (χ0n) is 7.57. The highest BCUT2D eigenvalue weighted by atomic mass is 35.5. The first-order chi connectivity index (χ1) is 7.11. The summed E-state index contributed by atoms with van der Waals surface area (Å²) in [5.74, 6) is -1.33. The van der Waals surface area contributed by atoms with Crippen LogP contribution in [0.2, 0.25) is 5.02 Å². The maximum atomic E-state index is 10.2. The van der Waals surface area contributed by atoms with Gasteiger partial charge in [-0.3, -0.25) is 10.8 Å². The Balaban J connectivity index is 2.62. The molecule has 0 unspecified atom stereocenters. The summed E-state index contributed by atoms with van der Waals surface area (Å²) < 4.78 is 0. The van der Waals surface area contributed by atoms with E-state index in [-0.39, 0.29) is 0 Å².